The quantitative estimate of drug-likeness (QED) is 0.435. The molecule has 0 saturated carbocycles. The van der Waals surface area contributed by atoms with Crippen molar-refractivity contribution >= 4 is 22.3 Å². The second-order valence-corrected chi connectivity index (χ2v) is 7.80. The Morgan fingerprint density at radius 1 is 1.03 bits per heavy atom. The fraction of sp³-hybridized carbons (Fsp3) is 0.231. The molecule has 4 aromatic rings. The highest BCUT2D eigenvalue weighted by Gasteiger charge is 2.20. The zero-order valence-corrected chi connectivity index (χ0v) is 17.7. The van der Waals surface area contributed by atoms with E-state index < -0.39 is 0 Å². The molecule has 156 valence electrons. The Labute approximate surface area is 182 Å². The summed E-state index contributed by atoms with van der Waals surface area (Å²) >= 11 is 0. The molecule has 1 N–H and O–H groups in total. The molecule has 5 heteroatoms. The highest BCUT2D eigenvalue weighted by Crippen LogP contribution is 2.36. The average molecular weight is 411 g/mol. The molecule has 1 aliphatic rings. The molecule has 5 rings (SSSR count). The first kappa shape index (κ1) is 19.4. The van der Waals surface area contributed by atoms with E-state index in [1.54, 1.807) is 0 Å². The van der Waals surface area contributed by atoms with Crippen molar-refractivity contribution in [3.05, 3.63) is 78.5 Å². The fourth-order valence-corrected chi connectivity index (χ4v) is 3.96. The van der Waals surface area contributed by atoms with Gasteiger partial charge in [-0.3, -0.25) is 0 Å². The second-order valence-electron chi connectivity index (χ2n) is 7.80. The molecule has 0 atom stereocenters. The van der Waals surface area contributed by atoms with Crippen LogP contribution >= 0.6 is 0 Å². The highest BCUT2D eigenvalue weighted by atomic mass is 16.5. The lowest BCUT2D eigenvalue weighted by Crippen LogP contribution is -2.25. The smallest absolute Gasteiger partial charge is 0.163 e. The molecule has 1 aromatic heterocycles. The van der Waals surface area contributed by atoms with Crippen LogP contribution in [0.5, 0.6) is 5.75 Å². The number of anilines is 2. The number of fused-ring (bicyclic) bond motifs is 2. The van der Waals surface area contributed by atoms with Crippen molar-refractivity contribution in [3.8, 4) is 17.1 Å². The van der Waals surface area contributed by atoms with Gasteiger partial charge in [-0.25, -0.2) is 9.97 Å². The van der Waals surface area contributed by atoms with Gasteiger partial charge in [0, 0.05) is 18.1 Å². The van der Waals surface area contributed by atoms with E-state index in [4.69, 9.17) is 9.72 Å². The summed E-state index contributed by atoms with van der Waals surface area (Å²) in [6, 6.07) is 22.9. The molecule has 5 nitrogen and oxygen atoms in total. The van der Waals surface area contributed by atoms with Gasteiger partial charge in [0.2, 0.25) is 0 Å². The van der Waals surface area contributed by atoms with E-state index in [-0.39, 0.29) is 0 Å². The van der Waals surface area contributed by atoms with Crippen LogP contribution < -0.4 is 15.0 Å². The summed E-state index contributed by atoms with van der Waals surface area (Å²) in [5.41, 5.74) is 5.57. The Morgan fingerprint density at radius 3 is 2.74 bits per heavy atom. The van der Waals surface area contributed by atoms with Gasteiger partial charge >= 0.3 is 0 Å². The lowest BCUT2D eigenvalue weighted by atomic mass is 10.1. The number of hydrogen-bond acceptors (Lipinski definition) is 5. The van der Waals surface area contributed by atoms with Crippen molar-refractivity contribution in [3.63, 3.8) is 0 Å². The zero-order valence-electron chi connectivity index (χ0n) is 17.7. The summed E-state index contributed by atoms with van der Waals surface area (Å²) in [7, 11) is 0. The molecule has 2 heterocycles. The third kappa shape index (κ3) is 4.04. The number of nitrogens with one attached hydrogen (secondary N) is 1. The third-order valence-electron chi connectivity index (χ3n) is 5.60. The molecule has 1 aliphatic heterocycles. The van der Waals surface area contributed by atoms with Crippen molar-refractivity contribution in [1.29, 1.82) is 0 Å². The average Bonchev–Trinajstić information content (AvgIpc) is 3.22. The Kier molecular flexibility index (Phi) is 5.40. The molecule has 0 spiro atoms. The molecule has 3 aromatic carbocycles. The third-order valence-corrected chi connectivity index (χ3v) is 5.60. The van der Waals surface area contributed by atoms with E-state index in [1.165, 1.54) is 11.3 Å². The Hall–Kier alpha value is -3.60. The lowest BCUT2D eigenvalue weighted by Gasteiger charge is -2.18. The second kappa shape index (κ2) is 8.64. The normalized spacial score (nSPS) is 12.6. The lowest BCUT2D eigenvalue weighted by molar-refractivity contribution is 0.318. The van der Waals surface area contributed by atoms with E-state index >= 15 is 0 Å². The molecule has 0 amide bonds. The van der Waals surface area contributed by atoms with Crippen LogP contribution in [0.15, 0.2) is 72.9 Å². The number of ether oxygens (including phenoxy) is 1. The van der Waals surface area contributed by atoms with E-state index in [0.29, 0.717) is 12.4 Å². The van der Waals surface area contributed by atoms with Crippen LogP contribution in [0.2, 0.25) is 0 Å². The Bertz CT molecular complexity index is 1190. The zero-order chi connectivity index (χ0) is 21.0. The molecular weight excluding hydrogens is 384 g/mol. The van der Waals surface area contributed by atoms with Crippen molar-refractivity contribution in [2.45, 2.75) is 19.8 Å². The van der Waals surface area contributed by atoms with E-state index in [0.717, 1.165) is 54.0 Å². The van der Waals surface area contributed by atoms with Crippen LogP contribution in [-0.2, 0) is 6.42 Å². The highest BCUT2D eigenvalue weighted by molar-refractivity contribution is 5.92. The fourth-order valence-electron chi connectivity index (χ4n) is 3.96. The summed E-state index contributed by atoms with van der Waals surface area (Å²) in [6.45, 7) is 4.56. The summed E-state index contributed by atoms with van der Waals surface area (Å²) in [5.74, 6) is 1.52. The van der Waals surface area contributed by atoms with E-state index in [9.17, 15) is 0 Å². The predicted octanol–water partition coefficient (Wildman–Crippen LogP) is 5.52. The standard InChI is InChI=1S/C26H26N4O/c1-2-14-31-25-11-7-6-10-21(25)26-27-17-20-15-23-24(16-22(20)29-26)30(18-28-23)13-12-19-8-4-3-5-9-19/h3-11,15-17,28H,2,12-14,18H2,1H3. The van der Waals surface area contributed by atoms with Gasteiger partial charge in [0.15, 0.2) is 5.82 Å². The van der Waals surface area contributed by atoms with Gasteiger partial charge < -0.3 is 15.0 Å². The van der Waals surface area contributed by atoms with Crippen LogP contribution in [0.3, 0.4) is 0 Å². The van der Waals surface area contributed by atoms with E-state index in [2.05, 4.69) is 64.6 Å². The molecule has 0 bridgehead atoms. The monoisotopic (exact) mass is 410 g/mol. The summed E-state index contributed by atoms with van der Waals surface area (Å²) in [5, 5.41) is 4.54. The topological polar surface area (TPSA) is 50.3 Å². The minimum Gasteiger partial charge on any atom is -0.493 e. The largest absolute Gasteiger partial charge is 0.493 e. The maximum Gasteiger partial charge on any atom is 0.163 e. The minimum atomic E-state index is 0.681. The molecular formula is C26H26N4O. The molecule has 0 aliphatic carbocycles. The number of aromatic nitrogens is 2. The summed E-state index contributed by atoms with van der Waals surface area (Å²) in [6.07, 6.45) is 3.88. The SMILES string of the molecule is CCCOc1ccccc1-c1ncc2cc3c(cc2n1)N(CCc1ccccc1)CN3. The Morgan fingerprint density at radius 2 is 1.87 bits per heavy atom. The number of rotatable bonds is 7. The van der Waals surface area contributed by atoms with Crippen LogP contribution in [0.4, 0.5) is 11.4 Å². The molecule has 0 unspecified atom stereocenters. The van der Waals surface area contributed by atoms with Crippen molar-refractivity contribution in [2.75, 3.05) is 30.0 Å². The minimum absolute atomic E-state index is 0.681. The van der Waals surface area contributed by atoms with Gasteiger partial charge in [-0.2, -0.15) is 0 Å². The summed E-state index contributed by atoms with van der Waals surface area (Å²) < 4.78 is 5.92. The summed E-state index contributed by atoms with van der Waals surface area (Å²) in [4.78, 5) is 11.9. The van der Waals surface area contributed by atoms with Crippen LogP contribution in [0.25, 0.3) is 22.3 Å². The first-order valence-electron chi connectivity index (χ1n) is 10.9. The number of benzene rings is 3. The number of para-hydroxylation sites is 1. The molecule has 0 radical (unpaired) electrons. The predicted molar refractivity (Wildman–Crippen MR) is 127 cm³/mol. The van der Waals surface area contributed by atoms with Gasteiger partial charge in [0.05, 0.1) is 35.7 Å². The first-order chi connectivity index (χ1) is 15.3. The van der Waals surface area contributed by atoms with Gasteiger partial charge in [-0.15, -0.1) is 0 Å². The van der Waals surface area contributed by atoms with Gasteiger partial charge in [0.1, 0.15) is 5.75 Å². The van der Waals surface area contributed by atoms with Gasteiger partial charge in [-0.1, -0.05) is 49.4 Å². The van der Waals surface area contributed by atoms with Crippen LogP contribution in [-0.4, -0.2) is 29.8 Å². The van der Waals surface area contributed by atoms with Gasteiger partial charge in [0.25, 0.3) is 0 Å². The molecule has 0 saturated heterocycles. The van der Waals surface area contributed by atoms with Gasteiger partial charge in [-0.05, 0) is 42.7 Å². The number of nitrogens with zero attached hydrogens (tertiary/aromatic N) is 3. The molecule has 31 heavy (non-hydrogen) atoms. The maximum atomic E-state index is 5.92. The van der Waals surface area contributed by atoms with Crippen LogP contribution in [0, 0.1) is 0 Å². The molecule has 0 fully saturated rings. The Balaban J connectivity index is 1.44. The first-order valence-corrected chi connectivity index (χ1v) is 10.9. The van der Waals surface area contributed by atoms with Crippen molar-refractivity contribution in [2.24, 2.45) is 0 Å². The van der Waals surface area contributed by atoms with Crippen molar-refractivity contribution < 1.29 is 4.74 Å². The van der Waals surface area contributed by atoms with Crippen LogP contribution in [0.1, 0.15) is 18.9 Å². The van der Waals surface area contributed by atoms with E-state index in [1.807, 2.05) is 30.5 Å². The number of hydrogen-bond donors (Lipinski definition) is 1. The maximum absolute atomic E-state index is 5.92. The van der Waals surface area contributed by atoms with Crippen molar-refractivity contribution in [1.82, 2.24) is 9.97 Å².